The smallest absolute Gasteiger partial charge is 0.269 e. The summed E-state index contributed by atoms with van der Waals surface area (Å²) < 4.78 is 30.9. The quantitative estimate of drug-likeness (QED) is 0.604. The molecule has 1 heterocycles. The summed E-state index contributed by atoms with van der Waals surface area (Å²) in [6.45, 7) is 2.54. The lowest BCUT2D eigenvalue weighted by Crippen LogP contribution is -2.30. The van der Waals surface area contributed by atoms with Gasteiger partial charge in [-0.2, -0.15) is 0 Å². The predicted molar refractivity (Wildman–Crippen MR) is 85.7 cm³/mol. The van der Waals surface area contributed by atoms with Crippen molar-refractivity contribution in [1.82, 2.24) is 4.31 Å². The van der Waals surface area contributed by atoms with E-state index < -0.39 is 15.9 Å². The summed E-state index contributed by atoms with van der Waals surface area (Å²) in [5.41, 5.74) is 0.205. The summed E-state index contributed by atoms with van der Waals surface area (Å²) in [5, 5.41) is 0. The second-order valence-corrected chi connectivity index (χ2v) is 7.76. The maximum absolute atomic E-state index is 12.3. The molecule has 2 rings (SSSR count). The highest BCUT2D eigenvalue weighted by molar-refractivity contribution is 8.22. The molecule has 1 aromatic rings. The Labute approximate surface area is 133 Å². The Balaban J connectivity index is 2.03. The topological polar surface area (TPSA) is 63.7 Å². The average molecular weight is 345 g/mol. The van der Waals surface area contributed by atoms with Gasteiger partial charge in [0.05, 0.1) is 18.0 Å². The van der Waals surface area contributed by atoms with E-state index in [9.17, 15) is 13.2 Å². The zero-order valence-electron chi connectivity index (χ0n) is 11.4. The van der Waals surface area contributed by atoms with Crippen LogP contribution in [0.5, 0.6) is 0 Å². The van der Waals surface area contributed by atoms with Crippen LogP contribution in [0.2, 0.25) is 0 Å². The lowest BCUT2D eigenvalue weighted by Gasteiger charge is -2.14. The number of carbonyl (C=O) groups excluding carboxylic acids is 1. The molecular formula is C13H15NO4S3. The minimum atomic E-state index is -3.77. The first-order valence-electron chi connectivity index (χ1n) is 6.44. The molecule has 1 aliphatic heterocycles. The summed E-state index contributed by atoms with van der Waals surface area (Å²) in [5.74, 6) is -0.588. The standard InChI is InChI=1S/C13H15NO4S3/c1-2-3-8-18-13(19)20-9-14-12(15)10-6-4-5-7-11(10)21(14,16)17/h4-7H,2-3,8-9H2,1H3. The van der Waals surface area contributed by atoms with E-state index in [4.69, 9.17) is 17.0 Å². The van der Waals surface area contributed by atoms with Crippen LogP contribution in [0.3, 0.4) is 0 Å². The van der Waals surface area contributed by atoms with Gasteiger partial charge >= 0.3 is 0 Å². The summed E-state index contributed by atoms with van der Waals surface area (Å²) in [6, 6.07) is 6.18. The Morgan fingerprint density at radius 3 is 2.76 bits per heavy atom. The number of hydrogen-bond acceptors (Lipinski definition) is 6. The van der Waals surface area contributed by atoms with E-state index in [1.807, 2.05) is 6.92 Å². The van der Waals surface area contributed by atoms with Gasteiger partial charge in [0.25, 0.3) is 15.9 Å². The van der Waals surface area contributed by atoms with Crippen LogP contribution < -0.4 is 0 Å². The summed E-state index contributed by atoms with van der Waals surface area (Å²) >= 11 is 6.05. The number of unbranched alkanes of at least 4 members (excludes halogenated alkanes) is 1. The highest BCUT2D eigenvalue weighted by atomic mass is 32.2. The van der Waals surface area contributed by atoms with Gasteiger partial charge in [0.1, 0.15) is 4.90 Å². The number of amides is 1. The third kappa shape index (κ3) is 3.38. The van der Waals surface area contributed by atoms with Gasteiger partial charge in [-0.1, -0.05) is 37.2 Å². The number of benzene rings is 1. The van der Waals surface area contributed by atoms with Crippen LogP contribution in [-0.2, 0) is 14.8 Å². The minimum absolute atomic E-state index is 0.0495. The highest BCUT2D eigenvalue weighted by Gasteiger charge is 2.40. The minimum Gasteiger partial charge on any atom is -0.479 e. The molecule has 0 fully saturated rings. The monoisotopic (exact) mass is 345 g/mol. The fourth-order valence-corrected chi connectivity index (χ4v) is 4.51. The molecule has 0 bridgehead atoms. The van der Waals surface area contributed by atoms with Crippen LogP contribution >= 0.6 is 24.0 Å². The van der Waals surface area contributed by atoms with Gasteiger partial charge in [-0.15, -0.1) is 0 Å². The van der Waals surface area contributed by atoms with Crippen molar-refractivity contribution in [1.29, 1.82) is 0 Å². The second kappa shape index (κ2) is 6.76. The number of rotatable bonds is 5. The maximum atomic E-state index is 12.3. The Morgan fingerprint density at radius 2 is 2.10 bits per heavy atom. The zero-order chi connectivity index (χ0) is 15.5. The molecule has 0 spiro atoms. The van der Waals surface area contributed by atoms with Crippen LogP contribution in [-0.4, -0.2) is 35.5 Å². The van der Waals surface area contributed by atoms with Crippen LogP contribution in [0.25, 0.3) is 0 Å². The number of carbonyl (C=O) groups is 1. The Hall–Kier alpha value is -1.12. The molecule has 114 valence electrons. The van der Waals surface area contributed by atoms with Gasteiger partial charge < -0.3 is 4.74 Å². The molecule has 0 radical (unpaired) electrons. The normalized spacial score (nSPS) is 15.9. The number of thiocarbonyl (C=S) groups is 1. The summed E-state index contributed by atoms with van der Waals surface area (Å²) in [6.07, 6.45) is 1.87. The SMILES string of the molecule is CCCCOC(=S)SCN1C(=O)c2ccccc2S1(=O)=O. The molecule has 1 amide bonds. The number of nitrogens with zero attached hydrogens (tertiary/aromatic N) is 1. The van der Waals surface area contributed by atoms with E-state index in [1.54, 1.807) is 12.1 Å². The van der Waals surface area contributed by atoms with E-state index in [1.165, 1.54) is 12.1 Å². The molecule has 1 aliphatic rings. The molecule has 0 atom stereocenters. The van der Waals surface area contributed by atoms with Crippen LogP contribution in [0.1, 0.15) is 30.1 Å². The van der Waals surface area contributed by atoms with Crippen molar-refractivity contribution in [3.8, 4) is 0 Å². The number of ether oxygens (including phenoxy) is 1. The number of thioether (sulfide) groups is 1. The molecule has 21 heavy (non-hydrogen) atoms. The molecular weight excluding hydrogens is 330 g/mol. The van der Waals surface area contributed by atoms with E-state index in [-0.39, 0.29) is 20.7 Å². The molecule has 1 aromatic carbocycles. The van der Waals surface area contributed by atoms with Crippen molar-refractivity contribution in [2.45, 2.75) is 24.7 Å². The number of hydrogen-bond donors (Lipinski definition) is 0. The first-order chi connectivity index (χ1) is 9.98. The Bertz CT molecular complexity index is 657. The molecule has 0 aromatic heterocycles. The van der Waals surface area contributed by atoms with Gasteiger partial charge in [0, 0.05) is 0 Å². The van der Waals surface area contributed by atoms with E-state index in [0.29, 0.717) is 6.61 Å². The molecule has 5 nitrogen and oxygen atoms in total. The average Bonchev–Trinajstić information content (AvgIpc) is 2.65. The van der Waals surface area contributed by atoms with E-state index >= 15 is 0 Å². The van der Waals surface area contributed by atoms with Crippen molar-refractivity contribution >= 4 is 44.3 Å². The maximum Gasteiger partial charge on any atom is 0.269 e. The fourth-order valence-electron chi connectivity index (χ4n) is 1.81. The molecule has 0 aliphatic carbocycles. The van der Waals surface area contributed by atoms with Gasteiger partial charge in [0.15, 0.2) is 0 Å². The second-order valence-electron chi connectivity index (χ2n) is 4.38. The van der Waals surface area contributed by atoms with E-state index in [0.717, 1.165) is 28.9 Å². The highest BCUT2D eigenvalue weighted by Crippen LogP contribution is 2.31. The Morgan fingerprint density at radius 1 is 1.38 bits per heavy atom. The number of fused-ring (bicyclic) bond motifs is 1. The van der Waals surface area contributed by atoms with Gasteiger partial charge in [-0.25, -0.2) is 12.7 Å². The van der Waals surface area contributed by atoms with Crippen molar-refractivity contribution in [2.75, 3.05) is 12.5 Å². The third-order valence-corrected chi connectivity index (χ3v) is 6.09. The van der Waals surface area contributed by atoms with Gasteiger partial charge in [-0.3, -0.25) is 4.79 Å². The summed E-state index contributed by atoms with van der Waals surface area (Å²) in [4.78, 5) is 12.2. The fraction of sp³-hybridized carbons (Fsp3) is 0.385. The summed E-state index contributed by atoms with van der Waals surface area (Å²) in [7, 11) is -3.77. The first kappa shape index (κ1) is 16.3. The zero-order valence-corrected chi connectivity index (χ0v) is 13.9. The van der Waals surface area contributed by atoms with E-state index in [2.05, 4.69) is 0 Å². The van der Waals surface area contributed by atoms with Crippen molar-refractivity contribution in [3.05, 3.63) is 29.8 Å². The van der Waals surface area contributed by atoms with Gasteiger partial charge in [0.2, 0.25) is 4.38 Å². The largest absolute Gasteiger partial charge is 0.479 e. The van der Waals surface area contributed by atoms with Crippen molar-refractivity contribution in [3.63, 3.8) is 0 Å². The lowest BCUT2D eigenvalue weighted by atomic mass is 10.2. The molecule has 0 unspecified atom stereocenters. The molecule has 0 N–H and O–H groups in total. The van der Waals surface area contributed by atoms with Crippen LogP contribution in [0.4, 0.5) is 0 Å². The molecule has 0 saturated heterocycles. The van der Waals surface area contributed by atoms with Crippen LogP contribution in [0.15, 0.2) is 29.2 Å². The Kier molecular flexibility index (Phi) is 5.23. The molecule has 0 saturated carbocycles. The third-order valence-electron chi connectivity index (χ3n) is 2.93. The lowest BCUT2D eigenvalue weighted by molar-refractivity contribution is 0.0887. The first-order valence-corrected chi connectivity index (χ1v) is 9.27. The van der Waals surface area contributed by atoms with Crippen molar-refractivity contribution < 1.29 is 17.9 Å². The number of sulfonamides is 1. The predicted octanol–water partition coefficient (Wildman–Crippen LogP) is 2.62. The van der Waals surface area contributed by atoms with Crippen LogP contribution in [0, 0.1) is 0 Å². The van der Waals surface area contributed by atoms with Gasteiger partial charge in [-0.05, 0) is 30.8 Å². The molecule has 8 heteroatoms. The van der Waals surface area contributed by atoms with Crippen molar-refractivity contribution in [2.24, 2.45) is 0 Å².